The van der Waals surface area contributed by atoms with Crippen molar-refractivity contribution in [3.05, 3.63) is 65.9 Å². The molecule has 0 bridgehead atoms. The third-order valence-electron chi connectivity index (χ3n) is 5.22. The molecule has 1 amide bonds. The second-order valence-corrected chi connectivity index (χ2v) is 7.16. The van der Waals surface area contributed by atoms with E-state index < -0.39 is 5.95 Å². The molecule has 30 heavy (non-hydrogen) atoms. The van der Waals surface area contributed by atoms with Gasteiger partial charge in [-0.15, -0.1) is 0 Å². The van der Waals surface area contributed by atoms with Gasteiger partial charge in [0, 0.05) is 18.3 Å². The van der Waals surface area contributed by atoms with Gasteiger partial charge in [0.25, 0.3) is 5.91 Å². The van der Waals surface area contributed by atoms with Crippen LogP contribution < -0.4 is 9.64 Å². The standard InChI is InChI=1S/C22H18FN5O2/c1-13-11-14(15-4-5-17-16(25-15)6-8-20(23)26-17)3-7-18(13)28-9-10-30-19-12-24-27(2)21(19)22(28)29/h3-8,11-12H,9-10H2,1-2H3. The molecule has 0 N–H and O–H groups in total. The molecular formula is C22H18FN5O2. The molecule has 0 fully saturated rings. The van der Waals surface area contributed by atoms with Gasteiger partial charge in [0.15, 0.2) is 11.4 Å². The van der Waals surface area contributed by atoms with Crippen LogP contribution in [0.3, 0.4) is 0 Å². The Morgan fingerprint density at radius 2 is 1.87 bits per heavy atom. The van der Waals surface area contributed by atoms with E-state index in [1.54, 1.807) is 30.3 Å². The Morgan fingerprint density at radius 1 is 1.07 bits per heavy atom. The van der Waals surface area contributed by atoms with E-state index in [2.05, 4.69) is 15.1 Å². The molecule has 0 unspecified atom stereocenters. The van der Waals surface area contributed by atoms with E-state index in [0.717, 1.165) is 22.5 Å². The van der Waals surface area contributed by atoms with E-state index in [4.69, 9.17) is 4.74 Å². The number of hydrogen-bond donors (Lipinski definition) is 0. The molecule has 0 spiro atoms. The zero-order chi connectivity index (χ0) is 20.8. The van der Waals surface area contributed by atoms with Crippen LogP contribution in [0.4, 0.5) is 10.1 Å². The number of halogens is 1. The van der Waals surface area contributed by atoms with Crippen molar-refractivity contribution >= 4 is 22.6 Å². The lowest BCUT2D eigenvalue weighted by atomic mass is 10.0. The molecule has 1 aromatic carbocycles. The summed E-state index contributed by atoms with van der Waals surface area (Å²) in [5.74, 6) is -0.167. The predicted molar refractivity (Wildman–Crippen MR) is 110 cm³/mol. The minimum absolute atomic E-state index is 0.143. The SMILES string of the molecule is Cc1cc(-c2ccc3nc(F)ccc3n2)ccc1N1CCOc2cnn(C)c2C1=O. The smallest absolute Gasteiger partial charge is 0.280 e. The van der Waals surface area contributed by atoms with Crippen LogP contribution in [-0.4, -0.2) is 38.8 Å². The summed E-state index contributed by atoms with van der Waals surface area (Å²) in [5, 5.41) is 4.13. The molecule has 3 aromatic heterocycles. The van der Waals surface area contributed by atoms with Crippen molar-refractivity contribution < 1.29 is 13.9 Å². The second kappa shape index (κ2) is 6.91. The van der Waals surface area contributed by atoms with E-state index in [-0.39, 0.29) is 5.91 Å². The highest BCUT2D eigenvalue weighted by Crippen LogP contribution is 2.31. The fourth-order valence-electron chi connectivity index (χ4n) is 3.74. The number of hydrogen-bond acceptors (Lipinski definition) is 5. The molecule has 4 aromatic rings. The molecule has 0 saturated heterocycles. The molecule has 0 aliphatic carbocycles. The van der Waals surface area contributed by atoms with Crippen molar-refractivity contribution in [2.75, 3.05) is 18.1 Å². The molecule has 8 heteroatoms. The maximum absolute atomic E-state index is 13.3. The summed E-state index contributed by atoms with van der Waals surface area (Å²) in [6.07, 6.45) is 1.57. The quantitative estimate of drug-likeness (QED) is 0.479. The van der Waals surface area contributed by atoms with Crippen molar-refractivity contribution in [3.8, 4) is 17.0 Å². The molecule has 1 aliphatic heterocycles. The second-order valence-electron chi connectivity index (χ2n) is 7.16. The van der Waals surface area contributed by atoms with Gasteiger partial charge in [-0.3, -0.25) is 9.48 Å². The highest BCUT2D eigenvalue weighted by molar-refractivity contribution is 6.07. The summed E-state index contributed by atoms with van der Waals surface area (Å²) in [6.45, 7) is 2.79. The fraction of sp³-hybridized carbons (Fsp3) is 0.182. The maximum atomic E-state index is 13.3. The van der Waals surface area contributed by atoms with Gasteiger partial charge in [0.1, 0.15) is 6.61 Å². The average Bonchev–Trinajstić information content (AvgIpc) is 3.02. The predicted octanol–water partition coefficient (Wildman–Crippen LogP) is 3.52. The minimum atomic E-state index is -0.528. The number of amides is 1. The molecule has 1 aliphatic rings. The van der Waals surface area contributed by atoms with Gasteiger partial charge in [-0.1, -0.05) is 6.07 Å². The number of pyridine rings is 2. The molecule has 7 nitrogen and oxygen atoms in total. The Balaban J connectivity index is 1.51. The first kappa shape index (κ1) is 18.2. The number of nitrogens with zero attached hydrogens (tertiary/aromatic N) is 5. The first-order chi connectivity index (χ1) is 14.5. The van der Waals surface area contributed by atoms with E-state index >= 15 is 0 Å². The van der Waals surface area contributed by atoms with Crippen molar-refractivity contribution in [1.82, 2.24) is 19.7 Å². The first-order valence-electron chi connectivity index (χ1n) is 9.52. The number of aromatic nitrogens is 4. The van der Waals surface area contributed by atoms with Crippen LogP contribution in [0, 0.1) is 12.9 Å². The highest BCUT2D eigenvalue weighted by atomic mass is 19.1. The minimum Gasteiger partial charge on any atom is -0.488 e. The van der Waals surface area contributed by atoms with Crippen LogP contribution in [0.5, 0.6) is 5.75 Å². The number of anilines is 1. The molecule has 0 saturated carbocycles. The summed E-state index contributed by atoms with van der Waals surface area (Å²) >= 11 is 0. The van der Waals surface area contributed by atoms with E-state index in [9.17, 15) is 9.18 Å². The molecule has 150 valence electrons. The molecule has 0 radical (unpaired) electrons. The zero-order valence-corrected chi connectivity index (χ0v) is 16.5. The zero-order valence-electron chi connectivity index (χ0n) is 16.5. The molecule has 5 rings (SSSR count). The largest absolute Gasteiger partial charge is 0.488 e. The van der Waals surface area contributed by atoms with Gasteiger partial charge < -0.3 is 9.64 Å². The summed E-state index contributed by atoms with van der Waals surface area (Å²) < 4.78 is 20.5. The van der Waals surface area contributed by atoms with E-state index in [1.165, 1.54) is 10.7 Å². The summed E-state index contributed by atoms with van der Waals surface area (Å²) in [4.78, 5) is 23.3. The maximum Gasteiger partial charge on any atom is 0.280 e. The Labute approximate surface area is 171 Å². The number of ether oxygens (including phenoxy) is 1. The van der Waals surface area contributed by atoms with Crippen LogP contribution >= 0.6 is 0 Å². The average molecular weight is 403 g/mol. The topological polar surface area (TPSA) is 73.1 Å². The van der Waals surface area contributed by atoms with Crippen LogP contribution in [0.25, 0.3) is 22.3 Å². The van der Waals surface area contributed by atoms with Crippen molar-refractivity contribution in [2.24, 2.45) is 7.05 Å². The van der Waals surface area contributed by atoms with Crippen LogP contribution in [0.1, 0.15) is 16.1 Å². The summed E-state index contributed by atoms with van der Waals surface area (Å²) in [5.41, 5.74) is 4.98. The molecule has 4 heterocycles. The molecular weight excluding hydrogens is 385 g/mol. The van der Waals surface area contributed by atoms with Crippen LogP contribution in [-0.2, 0) is 7.05 Å². The lowest BCUT2D eigenvalue weighted by Crippen LogP contribution is -2.34. The number of carbonyl (C=O) groups is 1. The van der Waals surface area contributed by atoms with Gasteiger partial charge in [-0.25, -0.2) is 9.97 Å². The van der Waals surface area contributed by atoms with Crippen molar-refractivity contribution in [3.63, 3.8) is 0 Å². The van der Waals surface area contributed by atoms with Gasteiger partial charge in [-0.2, -0.15) is 9.49 Å². The van der Waals surface area contributed by atoms with Crippen LogP contribution in [0.2, 0.25) is 0 Å². The van der Waals surface area contributed by atoms with Gasteiger partial charge in [0.2, 0.25) is 5.95 Å². The van der Waals surface area contributed by atoms with E-state index in [0.29, 0.717) is 35.6 Å². The number of fused-ring (bicyclic) bond motifs is 2. The Hall–Kier alpha value is -3.81. The molecule has 0 atom stereocenters. The fourth-order valence-corrected chi connectivity index (χ4v) is 3.74. The van der Waals surface area contributed by atoms with Gasteiger partial charge >= 0.3 is 0 Å². The number of rotatable bonds is 2. The Kier molecular flexibility index (Phi) is 4.20. The lowest BCUT2D eigenvalue weighted by molar-refractivity contribution is 0.0980. The first-order valence-corrected chi connectivity index (χ1v) is 9.52. The monoisotopic (exact) mass is 403 g/mol. The Morgan fingerprint density at radius 3 is 2.70 bits per heavy atom. The highest BCUT2D eigenvalue weighted by Gasteiger charge is 2.29. The third kappa shape index (κ3) is 2.97. The summed E-state index contributed by atoms with van der Waals surface area (Å²) in [6, 6.07) is 12.3. The third-order valence-corrected chi connectivity index (χ3v) is 5.22. The van der Waals surface area contributed by atoms with E-state index in [1.807, 2.05) is 31.2 Å². The van der Waals surface area contributed by atoms with Crippen molar-refractivity contribution in [2.45, 2.75) is 6.92 Å². The number of aryl methyl sites for hydroxylation is 2. The van der Waals surface area contributed by atoms with Crippen molar-refractivity contribution in [1.29, 1.82) is 0 Å². The number of benzene rings is 1. The van der Waals surface area contributed by atoms with Gasteiger partial charge in [0.05, 0.1) is 29.5 Å². The van der Waals surface area contributed by atoms with Crippen LogP contribution in [0.15, 0.2) is 48.7 Å². The normalized spacial score (nSPS) is 13.8. The summed E-state index contributed by atoms with van der Waals surface area (Å²) in [7, 11) is 1.73. The lowest BCUT2D eigenvalue weighted by Gasteiger charge is -2.22. The van der Waals surface area contributed by atoms with Gasteiger partial charge in [-0.05, 0) is 48.9 Å². The Bertz CT molecular complexity index is 1300. The number of carbonyl (C=O) groups excluding carboxylic acids is 1.